The summed E-state index contributed by atoms with van der Waals surface area (Å²) < 4.78 is 6.04. The minimum atomic E-state index is -0.155. The van der Waals surface area contributed by atoms with E-state index >= 15 is 0 Å². The monoisotopic (exact) mass is 407 g/mol. The van der Waals surface area contributed by atoms with Gasteiger partial charge in [-0.1, -0.05) is 29.8 Å². The highest BCUT2D eigenvalue weighted by atomic mass is 35.5. The number of amides is 2. The van der Waals surface area contributed by atoms with E-state index in [0.29, 0.717) is 29.5 Å². The maximum Gasteiger partial charge on any atom is 0.322 e. The van der Waals surface area contributed by atoms with Crippen LogP contribution in [0.1, 0.15) is 24.0 Å². The maximum absolute atomic E-state index is 13.0. The third-order valence-electron chi connectivity index (χ3n) is 4.90. The van der Waals surface area contributed by atoms with Crippen LogP contribution in [0.15, 0.2) is 67.0 Å². The molecule has 1 aliphatic rings. The number of para-hydroxylation sites is 1. The molecular weight excluding hydrogens is 386 g/mol. The summed E-state index contributed by atoms with van der Waals surface area (Å²) in [4.78, 5) is 18.7. The Hall–Kier alpha value is -3.05. The predicted octanol–water partition coefficient (Wildman–Crippen LogP) is 5.58. The molecule has 3 aromatic rings. The summed E-state index contributed by atoms with van der Waals surface area (Å²) >= 11 is 6.20. The van der Waals surface area contributed by atoms with Crippen molar-refractivity contribution >= 4 is 23.3 Å². The average Bonchev–Trinajstić information content (AvgIpc) is 2.90. The molecule has 2 amide bonds. The van der Waals surface area contributed by atoms with Crippen molar-refractivity contribution in [2.45, 2.75) is 25.8 Å². The largest absolute Gasteiger partial charge is 0.455 e. The molecule has 0 bridgehead atoms. The standard InChI is InChI=1S/C23H22ClN3O2/c24-19-8-9-22-20(15-19)27(16-18-6-1-2-7-21(18)29-22)23(28)26-12-4-3-5-17-10-13-25-14-11-17/h1-2,6-11,13-15H,3-5,12,16H2,(H,26,28). The van der Waals surface area contributed by atoms with Crippen molar-refractivity contribution in [2.75, 3.05) is 11.4 Å². The van der Waals surface area contributed by atoms with Gasteiger partial charge in [0.1, 0.15) is 5.75 Å². The molecule has 1 N–H and O–H groups in total. The Morgan fingerprint density at radius 1 is 1.07 bits per heavy atom. The van der Waals surface area contributed by atoms with E-state index in [9.17, 15) is 4.79 Å². The molecule has 2 heterocycles. The van der Waals surface area contributed by atoms with Crippen LogP contribution in [0.4, 0.5) is 10.5 Å². The second kappa shape index (κ2) is 8.97. The van der Waals surface area contributed by atoms with Gasteiger partial charge in [-0.3, -0.25) is 9.88 Å². The van der Waals surface area contributed by atoms with Crippen molar-refractivity contribution in [1.29, 1.82) is 0 Å². The molecule has 5 nitrogen and oxygen atoms in total. The number of rotatable bonds is 5. The number of carbonyl (C=O) groups is 1. The Labute approximate surface area is 175 Å². The molecular formula is C23H22ClN3O2. The zero-order chi connectivity index (χ0) is 20.1. The van der Waals surface area contributed by atoms with Crippen LogP contribution in [-0.4, -0.2) is 17.6 Å². The van der Waals surface area contributed by atoms with Crippen LogP contribution >= 0.6 is 11.6 Å². The van der Waals surface area contributed by atoms with Crippen LogP contribution in [0, 0.1) is 0 Å². The van der Waals surface area contributed by atoms with Gasteiger partial charge in [-0.2, -0.15) is 0 Å². The number of anilines is 1. The molecule has 6 heteroatoms. The Morgan fingerprint density at radius 2 is 1.90 bits per heavy atom. The first-order valence-corrected chi connectivity index (χ1v) is 10.1. The number of urea groups is 1. The van der Waals surface area contributed by atoms with Crippen molar-refractivity contribution in [3.8, 4) is 11.5 Å². The van der Waals surface area contributed by atoms with Gasteiger partial charge in [-0.05, 0) is 61.2 Å². The van der Waals surface area contributed by atoms with Crippen molar-refractivity contribution < 1.29 is 9.53 Å². The summed E-state index contributed by atoms with van der Waals surface area (Å²) in [5.41, 5.74) is 2.88. The number of pyridine rings is 1. The fourth-order valence-electron chi connectivity index (χ4n) is 3.37. The van der Waals surface area contributed by atoms with Gasteiger partial charge in [-0.15, -0.1) is 0 Å². The van der Waals surface area contributed by atoms with Crippen LogP contribution in [0.25, 0.3) is 0 Å². The second-order valence-corrected chi connectivity index (χ2v) is 7.39. The summed E-state index contributed by atoms with van der Waals surface area (Å²) in [5.74, 6) is 1.37. The van der Waals surface area contributed by atoms with Gasteiger partial charge in [0.15, 0.2) is 5.75 Å². The van der Waals surface area contributed by atoms with E-state index in [0.717, 1.165) is 30.6 Å². The Bertz CT molecular complexity index is 994. The highest BCUT2D eigenvalue weighted by molar-refractivity contribution is 6.31. The number of unbranched alkanes of at least 4 members (excludes halogenated alkanes) is 1. The Kier molecular flexibility index (Phi) is 5.96. The highest BCUT2D eigenvalue weighted by Crippen LogP contribution is 2.40. The molecule has 0 saturated heterocycles. The first-order valence-electron chi connectivity index (χ1n) is 9.70. The summed E-state index contributed by atoms with van der Waals surface area (Å²) in [6, 6.07) is 17.0. The second-order valence-electron chi connectivity index (χ2n) is 6.95. The van der Waals surface area contributed by atoms with Gasteiger partial charge < -0.3 is 10.1 Å². The fourth-order valence-corrected chi connectivity index (χ4v) is 3.54. The lowest BCUT2D eigenvalue weighted by Gasteiger charge is -2.22. The third kappa shape index (κ3) is 4.69. The number of aryl methyl sites for hydroxylation is 1. The van der Waals surface area contributed by atoms with Gasteiger partial charge in [-0.25, -0.2) is 4.79 Å². The quantitative estimate of drug-likeness (QED) is 0.561. The molecule has 0 radical (unpaired) electrons. The summed E-state index contributed by atoms with van der Waals surface area (Å²) in [6.45, 7) is 1.03. The first-order chi connectivity index (χ1) is 14.2. The van der Waals surface area contributed by atoms with Crippen LogP contribution in [0.2, 0.25) is 5.02 Å². The van der Waals surface area contributed by atoms with Crippen LogP contribution in [-0.2, 0) is 13.0 Å². The molecule has 0 saturated carbocycles. The molecule has 148 valence electrons. The number of fused-ring (bicyclic) bond motifs is 2. The van der Waals surface area contributed by atoms with Gasteiger partial charge >= 0.3 is 6.03 Å². The zero-order valence-electron chi connectivity index (χ0n) is 16.0. The zero-order valence-corrected chi connectivity index (χ0v) is 16.7. The van der Waals surface area contributed by atoms with Crippen molar-refractivity contribution in [1.82, 2.24) is 10.3 Å². The average molecular weight is 408 g/mol. The number of hydrogen-bond donors (Lipinski definition) is 1. The summed E-state index contributed by atoms with van der Waals surface area (Å²) in [5, 5.41) is 3.60. The lowest BCUT2D eigenvalue weighted by molar-refractivity contribution is 0.246. The van der Waals surface area contributed by atoms with E-state index in [1.807, 2.05) is 36.4 Å². The smallest absolute Gasteiger partial charge is 0.322 e. The normalized spacial score (nSPS) is 12.4. The van der Waals surface area contributed by atoms with Crippen LogP contribution in [0.5, 0.6) is 11.5 Å². The number of ether oxygens (including phenoxy) is 1. The van der Waals surface area contributed by atoms with E-state index in [4.69, 9.17) is 16.3 Å². The van der Waals surface area contributed by atoms with E-state index < -0.39 is 0 Å². The lowest BCUT2D eigenvalue weighted by Crippen LogP contribution is -2.39. The van der Waals surface area contributed by atoms with E-state index in [2.05, 4.69) is 10.3 Å². The maximum atomic E-state index is 13.0. The number of carbonyl (C=O) groups excluding carboxylic acids is 1. The van der Waals surface area contributed by atoms with E-state index in [-0.39, 0.29) is 6.03 Å². The van der Waals surface area contributed by atoms with E-state index in [1.54, 1.807) is 35.5 Å². The third-order valence-corrected chi connectivity index (χ3v) is 5.13. The van der Waals surface area contributed by atoms with Crippen molar-refractivity contribution in [2.24, 2.45) is 0 Å². The van der Waals surface area contributed by atoms with Crippen LogP contribution < -0.4 is 15.0 Å². The van der Waals surface area contributed by atoms with Crippen molar-refractivity contribution in [3.05, 3.63) is 83.1 Å². The molecule has 2 aromatic carbocycles. The van der Waals surface area contributed by atoms with Gasteiger partial charge in [0.05, 0.1) is 12.2 Å². The summed E-state index contributed by atoms with van der Waals surface area (Å²) in [7, 11) is 0. The molecule has 1 aliphatic heterocycles. The molecule has 1 aromatic heterocycles. The number of benzene rings is 2. The minimum absolute atomic E-state index is 0.155. The highest BCUT2D eigenvalue weighted by Gasteiger charge is 2.25. The number of hydrogen-bond acceptors (Lipinski definition) is 3. The number of nitrogens with one attached hydrogen (secondary N) is 1. The van der Waals surface area contributed by atoms with E-state index in [1.165, 1.54) is 5.56 Å². The topological polar surface area (TPSA) is 54.5 Å². The molecule has 29 heavy (non-hydrogen) atoms. The molecule has 0 fully saturated rings. The molecule has 0 aliphatic carbocycles. The number of nitrogens with zero attached hydrogens (tertiary/aromatic N) is 2. The van der Waals surface area contributed by atoms with Gasteiger partial charge in [0.2, 0.25) is 0 Å². The molecule has 0 atom stereocenters. The molecule has 0 spiro atoms. The van der Waals surface area contributed by atoms with Gasteiger partial charge in [0.25, 0.3) is 0 Å². The SMILES string of the molecule is O=C(NCCCCc1ccncc1)N1Cc2ccccc2Oc2ccc(Cl)cc21. The Morgan fingerprint density at radius 3 is 2.76 bits per heavy atom. The predicted molar refractivity (Wildman–Crippen MR) is 115 cm³/mol. The Balaban J connectivity index is 1.42. The van der Waals surface area contributed by atoms with Crippen LogP contribution in [0.3, 0.4) is 0 Å². The minimum Gasteiger partial charge on any atom is -0.455 e. The lowest BCUT2D eigenvalue weighted by atomic mass is 10.1. The first kappa shape index (κ1) is 19.3. The van der Waals surface area contributed by atoms with Crippen molar-refractivity contribution in [3.63, 3.8) is 0 Å². The number of halogens is 1. The number of aromatic nitrogens is 1. The fraction of sp³-hybridized carbons (Fsp3) is 0.217. The molecule has 0 unspecified atom stereocenters. The van der Waals surface area contributed by atoms with Gasteiger partial charge in [0, 0.05) is 29.5 Å². The summed E-state index contributed by atoms with van der Waals surface area (Å²) in [6.07, 6.45) is 6.48. The molecule has 4 rings (SSSR count).